The summed E-state index contributed by atoms with van der Waals surface area (Å²) in [6.07, 6.45) is 0. The van der Waals surface area contributed by atoms with E-state index in [4.69, 9.17) is 0 Å². The number of nitrogens with zero attached hydrogens (tertiary/aromatic N) is 2. The summed E-state index contributed by atoms with van der Waals surface area (Å²) in [5, 5.41) is 10.4. The van der Waals surface area contributed by atoms with E-state index in [1.165, 1.54) is 110 Å². The van der Waals surface area contributed by atoms with E-state index >= 15 is 0 Å². The Morgan fingerprint density at radius 2 is 0.603 bits per heavy atom. The largest absolute Gasteiger partial charge is 0.310 e. The van der Waals surface area contributed by atoms with Gasteiger partial charge in [-0.1, -0.05) is 122 Å². The van der Waals surface area contributed by atoms with E-state index in [0.717, 1.165) is 0 Å². The first-order valence-corrected chi connectivity index (χ1v) is 27.9. The zero-order chi connectivity index (χ0) is 41.3. The molecule has 8 aromatic rings. The van der Waals surface area contributed by atoms with Crippen molar-refractivity contribution in [2.45, 2.75) is 80.8 Å². The molecular weight excluding hydrogens is 733 g/mol. The SMILES string of the molecule is Cc1cc(N(c2ccc([Si](C)(C)C)cc2)c2cc3c4ccccc4c(N(c4ccc([Si](C)(C)C)cc4)c4cc(C)c(C)c(C)c4)cc3c3ccccc23)cc(C)c1C. The number of benzene rings is 8. The Kier molecular flexibility index (Phi) is 10.0. The van der Waals surface area contributed by atoms with Gasteiger partial charge in [0.05, 0.1) is 27.5 Å². The van der Waals surface area contributed by atoms with E-state index in [-0.39, 0.29) is 0 Å². The summed E-state index contributed by atoms with van der Waals surface area (Å²) in [5.74, 6) is 0. The van der Waals surface area contributed by atoms with Gasteiger partial charge in [-0.15, -0.1) is 0 Å². The average molecular weight is 791 g/mol. The van der Waals surface area contributed by atoms with Gasteiger partial charge in [-0.05, 0) is 157 Å². The van der Waals surface area contributed by atoms with E-state index in [9.17, 15) is 0 Å². The predicted molar refractivity (Wildman–Crippen MR) is 263 cm³/mol. The van der Waals surface area contributed by atoms with Gasteiger partial charge < -0.3 is 9.80 Å². The van der Waals surface area contributed by atoms with Gasteiger partial charge in [-0.2, -0.15) is 0 Å². The van der Waals surface area contributed by atoms with Crippen molar-refractivity contribution in [1.29, 1.82) is 0 Å². The lowest BCUT2D eigenvalue weighted by atomic mass is 9.93. The van der Waals surface area contributed by atoms with Gasteiger partial charge in [0.2, 0.25) is 0 Å². The van der Waals surface area contributed by atoms with Crippen LogP contribution in [0.25, 0.3) is 32.3 Å². The number of aryl methyl sites for hydroxylation is 4. The molecule has 0 aromatic heterocycles. The van der Waals surface area contributed by atoms with E-state index in [1.807, 2.05) is 0 Å². The van der Waals surface area contributed by atoms with E-state index in [0.29, 0.717) is 0 Å². The zero-order valence-electron chi connectivity index (χ0n) is 36.6. The van der Waals surface area contributed by atoms with E-state index < -0.39 is 16.1 Å². The van der Waals surface area contributed by atoms with Crippen molar-refractivity contribution >= 4 is 93.0 Å². The Labute approximate surface area is 348 Å². The van der Waals surface area contributed by atoms with Crippen molar-refractivity contribution in [3.8, 4) is 0 Å². The first kappa shape index (κ1) is 39.4. The minimum atomic E-state index is -1.49. The maximum Gasteiger partial charge on any atom is 0.0775 e. The zero-order valence-corrected chi connectivity index (χ0v) is 38.6. The number of fused-ring (bicyclic) bond motifs is 5. The first-order chi connectivity index (χ1) is 27.5. The van der Waals surface area contributed by atoms with Gasteiger partial charge in [0.15, 0.2) is 0 Å². The van der Waals surface area contributed by atoms with Crippen LogP contribution >= 0.6 is 0 Å². The third-order valence-corrected chi connectivity index (χ3v) is 16.8. The minimum absolute atomic E-state index is 1.17. The molecule has 0 bridgehead atoms. The summed E-state index contributed by atoms with van der Waals surface area (Å²) in [6, 6.07) is 51.3. The molecule has 0 saturated heterocycles. The highest BCUT2D eigenvalue weighted by molar-refractivity contribution is 6.89. The van der Waals surface area contributed by atoms with Gasteiger partial charge >= 0.3 is 0 Å². The molecule has 0 saturated carbocycles. The van der Waals surface area contributed by atoms with Gasteiger partial charge in [-0.3, -0.25) is 0 Å². The van der Waals surface area contributed by atoms with Crippen LogP contribution in [0.15, 0.2) is 133 Å². The van der Waals surface area contributed by atoms with E-state index in [2.05, 4.69) is 224 Å². The second-order valence-corrected chi connectivity index (χ2v) is 28.8. The van der Waals surface area contributed by atoms with Gasteiger partial charge in [0.25, 0.3) is 0 Å². The minimum Gasteiger partial charge on any atom is -0.310 e. The Bertz CT molecular complexity index is 2610. The lowest BCUT2D eigenvalue weighted by Crippen LogP contribution is -2.37. The molecule has 0 aliphatic rings. The molecule has 0 N–H and O–H groups in total. The normalized spacial score (nSPS) is 12.1. The highest BCUT2D eigenvalue weighted by atomic mass is 28.3. The molecule has 0 unspecified atom stereocenters. The molecule has 292 valence electrons. The van der Waals surface area contributed by atoms with Crippen LogP contribution in [0.1, 0.15) is 33.4 Å². The van der Waals surface area contributed by atoms with Crippen LogP contribution in [0, 0.1) is 41.5 Å². The molecule has 0 fully saturated rings. The van der Waals surface area contributed by atoms with Gasteiger partial charge in [0, 0.05) is 33.5 Å². The summed E-state index contributed by atoms with van der Waals surface area (Å²) in [7, 11) is -2.98. The van der Waals surface area contributed by atoms with Crippen molar-refractivity contribution in [3.63, 3.8) is 0 Å². The number of rotatable bonds is 8. The molecule has 0 radical (unpaired) electrons. The molecular formula is C54H58N2Si2. The van der Waals surface area contributed by atoms with Crippen molar-refractivity contribution in [2.24, 2.45) is 0 Å². The lowest BCUT2D eigenvalue weighted by Gasteiger charge is -2.31. The van der Waals surface area contributed by atoms with Crippen LogP contribution in [0.4, 0.5) is 34.1 Å². The number of hydrogen-bond donors (Lipinski definition) is 0. The number of hydrogen-bond acceptors (Lipinski definition) is 2. The quantitative estimate of drug-likeness (QED) is 0.112. The van der Waals surface area contributed by atoms with Crippen LogP contribution in [-0.2, 0) is 0 Å². The fraction of sp³-hybridized carbons (Fsp3) is 0.222. The topological polar surface area (TPSA) is 6.48 Å². The van der Waals surface area contributed by atoms with Crippen molar-refractivity contribution < 1.29 is 0 Å². The first-order valence-electron chi connectivity index (χ1n) is 20.9. The fourth-order valence-corrected chi connectivity index (χ4v) is 11.0. The Balaban J connectivity index is 1.45. The summed E-state index contributed by atoms with van der Waals surface area (Å²) in [5.41, 5.74) is 15.0. The monoisotopic (exact) mass is 790 g/mol. The van der Waals surface area contributed by atoms with Crippen molar-refractivity contribution in [3.05, 3.63) is 167 Å². The fourth-order valence-electron chi connectivity index (χ4n) is 8.64. The summed E-state index contributed by atoms with van der Waals surface area (Å²) < 4.78 is 0. The summed E-state index contributed by atoms with van der Waals surface area (Å²) in [4.78, 5) is 5.00. The lowest BCUT2D eigenvalue weighted by molar-refractivity contribution is 1.22. The van der Waals surface area contributed by atoms with Crippen LogP contribution in [0.2, 0.25) is 39.3 Å². The number of anilines is 6. The molecule has 0 aliphatic heterocycles. The average Bonchev–Trinajstić information content (AvgIpc) is 3.19. The second-order valence-electron chi connectivity index (χ2n) is 18.7. The highest BCUT2D eigenvalue weighted by Crippen LogP contribution is 2.48. The van der Waals surface area contributed by atoms with E-state index in [1.54, 1.807) is 0 Å². The Morgan fingerprint density at radius 1 is 0.310 bits per heavy atom. The molecule has 8 rings (SSSR count). The third kappa shape index (κ3) is 7.07. The highest BCUT2D eigenvalue weighted by Gasteiger charge is 2.25. The third-order valence-electron chi connectivity index (χ3n) is 12.6. The molecule has 58 heavy (non-hydrogen) atoms. The Hall–Kier alpha value is -5.43. The molecule has 0 aliphatic carbocycles. The van der Waals surface area contributed by atoms with Crippen molar-refractivity contribution in [2.75, 3.05) is 9.80 Å². The maximum atomic E-state index is 2.50. The van der Waals surface area contributed by atoms with Crippen LogP contribution < -0.4 is 20.2 Å². The summed E-state index contributed by atoms with van der Waals surface area (Å²) in [6.45, 7) is 28.0. The molecule has 0 heterocycles. The van der Waals surface area contributed by atoms with Gasteiger partial charge in [-0.25, -0.2) is 0 Å². The van der Waals surface area contributed by atoms with Crippen molar-refractivity contribution in [1.82, 2.24) is 0 Å². The smallest absolute Gasteiger partial charge is 0.0775 e. The molecule has 0 atom stereocenters. The molecule has 2 nitrogen and oxygen atoms in total. The standard InChI is InChI=1S/C54H58N2Si2/c1-35-29-43(30-36(2)39(35)5)55(41-21-25-45(26-22-41)57(7,8)9)53-33-51-48-18-14-16-20-50(48)54(34-52(51)47-17-13-15-19-49(47)53)56(44-31-37(3)40(6)38(4)32-44)42-23-27-46(28-24-42)58(10,11)12/h13-34H,1-12H3. The molecule has 8 aromatic carbocycles. The Morgan fingerprint density at radius 3 is 0.897 bits per heavy atom. The van der Waals surface area contributed by atoms with Gasteiger partial charge in [0.1, 0.15) is 0 Å². The summed E-state index contributed by atoms with van der Waals surface area (Å²) >= 11 is 0. The molecule has 0 amide bonds. The molecule has 4 heteroatoms. The maximum absolute atomic E-state index is 2.50. The van der Waals surface area contributed by atoms with Crippen LogP contribution in [0.3, 0.4) is 0 Å². The molecule has 0 spiro atoms. The second kappa shape index (κ2) is 14.7. The predicted octanol–water partition coefficient (Wildman–Crippen LogP) is 15.0. The van der Waals surface area contributed by atoms with Crippen LogP contribution in [-0.4, -0.2) is 16.1 Å². The van der Waals surface area contributed by atoms with Crippen LogP contribution in [0.5, 0.6) is 0 Å².